The van der Waals surface area contributed by atoms with E-state index < -0.39 is 4.92 Å². The third-order valence-corrected chi connectivity index (χ3v) is 6.30. The minimum atomic E-state index is -0.461. The number of nitrogens with zero attached hydrogens (tertiary/aromatic N) is 2. The molecule has 0 radical (unpaired) electrons. The first-order valence-electron chi connectivity index (χ1n) is 8.31. The molecule has 6 nitrogen and oxygen atoms in total. The lowest BCUT2D eigenvalue weighted by Gasteiger charge is -2.14. The fraction of sp³-hybridized carbons (Fsp3) is 0.158. The molecule has 0 aromatic heterocycles. The van der Waals surface area contributed by atoms with Crippen LogP contribution in [0.2, 0.25) is 0 Å². The SMILES string of the molecule is O=C1/C(=C\c2ccc(SCCO)c([N+](=O)[O-])c2)SC(=S)N1Cc1ccccc1. The average molecular weight is 433 g/mol. The molecule has 1 amide bonds. The number of carbonyl (C=O) groups is 1. The van der Waals surface area contributed by atoms with Gasteiger partial charge in [-0.25, -0.2) is 0 Å². The van der Waals surface area contributed by atoms with Gasteiger partial charge in [-0.2, -0.15) is 0 Å². The summed E-state index contributed by atoms with van der Waals surface area (Å²) in [6, 6.07) is 14.3. The molecule has 1 fully saturated rings. The Kier molecular flexibility index (Phi) is 6.84. The molecule has 1 heterocycles. The van der Waals surface area contributed by atoms with Crippen molar-refractivity contribution in [2.75, 3.05) is 12.4 Å². The summed E-state index contributed by atoms with van der Waals surface area (Å²) in [7, 11) is 0. The smallest absolute Gasteiger partial charge is 0.283 e. The van der Waals surface area contributed by atoms with Gasteiger partial charge in [0.2, 0.25) is 0 Å². The summed E-state index contributed by atoms with van der Waals surface area (Å²) in [4.78, 5) is 26.1. The van der Waals surface area contributed by atoms with Crippen molar-refractivity contribution in [3.05, 3.63) is 74.7 Å². The van der Waals surface area contributed by atoms with E-state index in [-0.39, 0.29) is 18.2 Å². The standard InChI is InChI=1S/C19H16N2O4S3/c22-8-9-27-16-7-6-14(10-15(16)21(24)25)11-17-18(23)20(19(26)28-17)12-13-4-2-1-3-5-13/h1-7,10-11,22H,8-9,12H2/b17-11+. The fourth-order valence-electron chi connectivity index (χ4n) is 2.60. The van der Waals surface area contributed by atoms with Gasteiger partial charge in [-0.05, 0) is 23.3 Å². The molecule has 0 aliphatic carbocycles. The van der Waals surface area contributed by atoms with Crippen LogP contribution >= 0.6 is 35.7 Å². The normalized spacial score (nSPS) is 15.5. The van der Waals surface area contributed by atoms with Crippen LogP contribution < -0.4 is 0 Å². The van der Waals surface area contributed by atoms with E-state index >= 15 is 0 Å². The predicted octanol–water partition coefficient (Wildman–Crippen LogP) is 4.08. The van der Waals surface area contributed by atoms with Crippen LogP contribution in [0.4, 0.5) is 5.69 Å². The third-order valence-electron chi connectivity index (χ3n) is 3.88. The van der Waals surface area contributed by atoms with Crippen LogP contribution in [0.15, 0.2) is 58.3 Å². The topological polar surface area (TPSA) is 83.7 Å². The highest BCUT2D eigenvalue weighted by molar-refractivity contribution is 8.26. The van der Waals surface area contributed by atoms with Gasteiger partial charge in [0.15, 0.2) is 0 Å². The zero-order valence-electron chi connectivity index (χ0n) is 14.6. The van der Waals surface area contributed by atoms with Gasteiger partial charge in [0.25, 0.3) is 11.6 Å². The van der Waals surface area contributed by atoms with E-state index in [1.807, 2.05) is 30.3 Å². The minimum absolute atomic E-state index is 0.0491. The van der Waals surface area contributed by atoms with Crippen molar-refractivity contribution in [3.63, 3.8) is 0 Å². The number of benzene rings is 2. The summed E-state index contributed by atoms with van der Waals surface area (Å²) in [5, 5.41) is 20.3. The number of aliphatic hydroxyl groups excluding tert-OH is 1. The Hall–Kier alpha value is -2.20. The molecule has 1 aliphatic rings. The van der Waals surface area contributed by atoms with Crippen molar-refractivity contribution in [2.45, 2.75) is 11.4 Å². The Morgan fingerprint density at radius 1 is 1.25 bits per heavy atom. The van der Waals surface area contributed by atoms with E-state index in [9.17, 15) is 14.9 Å². The predicted molar refractivity (Wildman–Crippen MR) is 116 cm³/mol. The molecular formula is C19H16N2O4S3. The summed E-state index contributed by atoms with van der Waals surface area (Å²) in [6.07, 6.45) is 1.62. The molecule has 28 heavy (non-hydrogen) atoms. The molecule has 3 rings (SSSR count). The maximum absolute atomic E-state index is 12.7. The summed E-state index contributed by atoms with van der Waals surface area (Å²) in [5.74, 6) is 0.165. The highest BCUT2D eigenvalue weighted by atomic mass is 32.2. The zero-order chi connectivity index (χ0) is 20.1. The van der Waals surface area contributed by atoms with Gasteiger partial charge < -0.3 is 5.11 Å². The van der Waals surface area contributed by atoms with Gasteiger partial charge in [-0.3, -0.25) is 19.8 Å². The summed E-state index contributed by atoms with van der Waals surface area (Å²) >= 11 is 7.74. The molecular weight excluding hydrogens is 416 g/mol. The van der Waals surface area contributed by atoms with Crippen molar-refractivity contribution in [2.24, 2.45) is 0 Å². The fourth-order valence-corrected chi connectivity index (χ4v) is 4.61. The van der Waals surface area contributed by atoms with Crippen molar-refractivity contribution >= 4 is 57.7 Å². The Morgan fingerprint density at radius 3 is 2.68 bits per heavy atom. The summed E-state index contributed by atoms with van der Waals surface area (Å²) in [6.45, 7) is 0.327. The maximum atomic E-state index is 12.7. The van der Waals surface area contributed by atoms with Crippen molar-refractivity contribution in [3.8, 4) is 0 Å². The first kappa shape index (κ1) is 20.5. The van der Waals surface area contributed by atoms with E-state index in [2.05, 4.69) is 0 Å². The van der Waals surface area contributed by atoms with Crippen LogP contribution in [-0.2, 0) is 11.3 Å². The van der Waals surface area contributed by atoms with Gasteiger partial charge in [-0.15, -0.1) is 11.8 Å². The number of nitro benzene ring substituents is 1. The first-order chi connectivity index (χ1) is 13.5. The second-order valence-electron chi connectivity index (χ2n) is 5.81. The van der Waals surface area contributed by atoms with Crippen LogP contribution in [0, 0.1) is 10.1 Å². The molecule has 9 heteroatoms. The van der Waals surface area contributed by atoms with Crippen molar-refractivity contribution in [1.82, 2.24) is 4.90 Å². The molecule has 0 bridgehead atoms. The Labute approximate surface area is 175 Å². The molecule has 0 saturated carbocycles. The van der Waals surface area contributed by atoms with Gasteiger partial charge in [0.1, 0.15) is 4.32 Å². The lowest BCUT2D eigenvalue weighted by Crippen LogP contribution is -2.27. The number of hydrogen-bond acceptors (Lipinski definition) is 7. The Morgan fingerprint density at radius 2 is 2.00 bits per heavy atom. The van der Waals surface area contributed by atoms with E-state index in [4.69, 9.17) is 17.3 Å². The first-order valence-corrected chi connectivity index (χ1v) is 10.5. The monoisotopic (exact) mass is 432 g/mol. The van der Waals surface area contributed by atoms with Crippen LogP contribution in [0.1, 0.15) is 11.1 Å². The van der Waals surface area contributed by atoms with Crippen LogP contribution in [0.5, 0.6) is 0 Å². The van der Waals surface area contributed by atoms with E-state index in [1.165, 1.54) is 34.5 Å². The molecule has 1 N–H and O–H groups in total. The van der Waals surface area contributed by atoms with Gasteiger partial charge in [0.05, 0.1) is 27.9 Å². The maximum Gasteiger partial charge on any atom is 0.283 e. The quantitative estimate of drug-likeness (QED) is 0.232. The highest BCUT2D eigenvalue weighted by Crippen LogP contribution is 2.35. The Balaban J connectivity index is 1.83. The van der Waals surface area contributed by atoms with Crippen molar-refractivity contribution < 1.29 is 14.8 Å². The van der Waals surface area contributed by atoms with E-state index in [0.717, 1.165) is 5.56 Å². The lowest BCUT2D eigenvalue weighted by molar-refractivity contribution is -0.387. The molecule has 2 aromatic carbocycles. The second-order valence-corrected chi connectivity index (χ2v) is 8.62. The summed E-state index contributed by atoms with van der Waals surface area (Å²) in [5.41, 5.74) is 1.48. The third kappa shape index (κ3) is 4.79. The number of carbonyl (C=O) groups excluding carboxylic acids is 1. The number of aliphatic hydroxyl groups is 1. The number of thiocarbonyl (C=S) groups is 1. The van der Waals surface area contributed by atoms with Crippen LogP contribution in [-0.4, -0.2) is 37.5 Å². The summed E-state index contributed by atoms with van der Waals surface area (Å²) < 4.78 is 0.463. The molecule has 0 spiro atoms. The largest absolute Gasteiger partial charge is 0.396 e. The molecule has 0 atom stereocenters. The zero-order valence-corrected chi connectivity index (χ0v) is 17.1. The van der Waals surface area contributed by atoms with Gasteiger partial charge in [0, 0.05) is 11.8 Å². The number of hydrogen-bond donors (Lipinski definition) is 1. The lowest BCUT2D eigenvalue weighted by atomic mass is 10.1. The molecule has 1 aliphatic heterocycles. The Bertz CT molecular complexity index is 947. The molecule has 144 valence electrons. The second kappa shape index (κ2) is 9.33. The number of thioether (sulfide) groups is 2. The molecule has 0 unspecified atom stereocenters. The molecule has 1 saturated heterocycles. The van der Waals surface area contributed by atoms with Gasteiger partial charge >= 0.3 is 0 Å². The van der Waals surface area contributed by atoms with Crippen LogP contribution in [0.3, 0.4) is 0 Å². The number of amides is 1. The van der Waals surface area contributed by atoms with Crippen molar-refractivity contribution in [1.29, 1.82) is 0 Å². The average Bonchev–Trinajstić information content (AvgIpc) is 2.95. The molecule has 2 aromatic rings. The van der Waals surface area contributed by atoms with Crippen LogP contribution in [0.25, 0.3) is 6.08 Å². The van der Waals surface area contributed by atoms with E-state index in [0.29, 0.717) is 32.0 Å². The number of rotatable bonds is 7. The number of nitro groups is 1. The minimum Gasteiger partial charge on any atom is -0.396 e. The highest BCUT2D eigenvalue weighted by Gasteiger charge is 2.32. The van der Waals surface area contributed by atoms with E-state index in [1.54, 1.807) is 18.2 Å². The van der Waals surface area contributed by atoms with Gasteiger partial charge in [-0.1, -0.05) is 60.4 Å².